The Balaban J connectivity index is 1.24. The maximum absolute atomic E-state index is 13.0. The number of carbonyl (C=O) groups excluding carboxylic acids is 1. The van der Waals surface area contributed by atoms with Crippen LogP contribution in [0.2, 0.25) is 0 Å². The highest BCUT2D eigenvalue weighted by atomic mass is 19.4. The Morgan fingerprint density at radius 1 is 0.976 bits per heavy atom. The number of nitrogens with zero attached hydrogens (tertiary/aromatic N) is 5. The van der Waals surface area contributed by atoms with E-state index in [2.05, 4.69) is 38.6 Å². The lowest BCUT2D eigenvalue weighted by atomic mass is 9.95. The molecule has 1 saturated heterocycles. The molecule has 2 aromatic heterocycles. The van der Waals surface area contributed by atoms with Crippen molar-refractivity contribution in [1.82, 2.24) is 24.6 Å². The van der Waals surface area contributed by atoms with Crippen molar-refractivity contribution in [2.45, 2.75) is 24.4 Å². The molecule has 2 fully saturated rings. The summed E-state index contributed by atoms with van der Waals surface area (Å²) in [4.78, 5) is 22.5. The second-order valence-corrected chi connectivity index (χ2v) is 11.4. The van der Waals surface area contributed by atoms with Gasteiger partial charge in [-0.25, -0.2) is 14.5 Å². The number of alkyl halides is 3. The summed E-state index contributed by atoms with van der Waals surface area (Å²) in [7, 11) is 4.00. The van der Waals surface area contributed by atoms with Crippen molar-refractivity contribution in [2.24, 2.45) is 7.05 Å². The third kappa shape index (κ3) is 5.64. The van der Waals surface area contributed by atoms with Crippen molar-refractivity contribution in [3.05, 3.63) is 65.9 Å². The normalized spacial score (nSPS) is 17.4. The zero-order valence-corrected chi connectivity index (χ0v) is 23.5. The van der Waals surface area contributed by atoms with Gasteiger partial charge in [-0.05, 0) is 67.4 Å². The zero-order chi connectivity index (χ0) is 29.6. The van der Waals surface area contributed by atoms with Crippen LogP contribution in [0.1, 0.15) is 24.1 Å². The van der Waals surface area contributed by atoms with Crippen molar-refractivity contribution in [3.8, 4) is 11.1 Å². The van der Waals surface area contributed by atoms with Crippen LogP contribution < -0.4 is 16.4 Å². The number of piperazine rings is 1. The molecule has 0 radical (unpaired) electrons. The highest BCUT2D eigenvalue weighted by Gasteiger charge is 2.47. The van der Waals surface area contributed by atoms with E-state index in [1.165, 1.54) is 12.1 Å². The number of hydrogen-bond donors (Lipinski definition) is 3. The largest absolute Gasteiger partial charge is 0.416 e. The second-order valence-electron chi connectivity index (χ2n) is 11.4. The Morgan fingerprint density at radius 2 is 1.67 bits per heavy atom. The van der Waals surface area contributed by atoms with Crippen LogP contribution in [-0.4, -0.2) is 70.4 Å². The summed E-state index contributed by atoms with van der Waals surface area (Å²) in [5.41, 5.74) is 9.62. The van der Waals surface area contributed by atoms with Crippen LogP contribution >= 0.6 is 0 Å². The Hall–Kier alpha value is -4.16. The number of rotatable bonds is 6. The first-order valence-corrected chi connectivity index (χ1v) is 13.9. The molecular weight excluding hydrogens is 545 g/mol. The van der Waals surface area contributed by atoms with Gasteiger partial charge in [-0.1, -0.05) is 18.2 Å². The van der Waals surface area contributed by atoms with Crippen molar-refractivity contribution >= 4 is 34.3 Å². The fourth-order valence-electron chi connectivity index (χ4n) is 5.66. The summed E-state index contributed by atoms with van der Waals surface area (Å²) in [6.07, 6.45) is -2.34. The van der Waals surface area contributed by atoms with Crippen molar-refractivity contribution in [2.75, 3.05) is 56.1 Å². The van der Waals surface area contributed by atoms with Crippen molar-refractivity contribution in [1.29, 1.82) is 0 Å². The highest BCUT2D eigenvalue weighted by Crippen LogP contribution is 2.50. The van der Waals surface area contributed by atoms with Crippen LogP contribution in [-0.2, 0) is 18.6 Å². The number of halogens is 3. The van der Waals surface area contributed by atoms with Crippen LogP contribution in [0, 0.1) is 0 Å². The number of urea groups is 1. The van der Waals surface area contributed by atoms with Crippen LogP contribution in [0.3, 0.4) is 0 Å². The number of amides is 2. The molecule has 4 aromatic rings. The molecule has 220 valence electrons. The number of anilines is 3. The fourth-order valence-corrected chi connectivity index (χ4v) is 5.66. The van der Waals surface area contributed by atoms with E-state index in [4.69, 9.17) is 10.7 Å². The average Bonchev–Trinajstić information content (AvgIpc) is 3.68. The minimum Gasteiger partial charge on any atom is -0.382 e. The molecule has 0 unspecified atom stereocenters. The first-order chi connectivity index (χ1) is 20.0. The Bertz CT molecular complexity index is 1620. The summed E-state index contributed by atoms with van der Waals surface area (Å²) >= 11 is 0. The number of hydrogen-bond acceptors (Lipinski definition) is 6. The quantitative estimate of drug-likeness (QED) is 0.292. The monoisotopic (exact) mass is 578 g/mol. The zero-order valence-electron chi connectivity index (χ0n) is 23.5. The molecule has 12 heteroatoms. The van der Waals surface area contributed by atoms with Gasteiger partial charge in [0.05, 0.1) is 16.6 Å². The lowest BCUT2D eigenvalue weighted by molar-refractivity contribution is -0.137. The summed E-state index contributed by atoms with van der Waals surface area (Å²) in [5, 5.41) is 10.4. The highest BCUT2D eigenvalue weighted by molar-refractivity contribution is 6.02. The Labute approximate surface area is 241 Å². The van der Waals surface area contributed by atoms with Crippen LogP contribution in [0.15, 0.2) is 54.6 Å². The van der Waals surface area contributed by atoms with E-state index in [0.29, 0.717) is 11.5 Å². The van der Waals surface area contributed by atoms with Gasteiger partial charge in [-0.3, -0.25) is 4.90 Å². The molecule has 4 N–H and O–H groups in total. The molecule has 9 nitrogen and oxygen atoms in total. The Kier molecular flexibility index (Phi) is 7.06. The predicted molar refractivity (Wildman–Crippen MR) is 157 cm³/mol. The third-order valence-electron chi connectivity index (χ3n) is 8.24. The first-order valence-electron chi connectivity index (χ1n) is 13.9. The van der Waals surface area contributed by atoms with Gasteiger partial charge in [0.2, 0.25) is 0 Å². The number of aromatic nitrogens is 3. The number of nitrogen functional groups attached to an aromatic ring is 1. The molecular formula is C30H33F3N8O. The number of pyridine rings is 1. The maximum Gasteiger partial charge on any atom is 0.416 e. The van der Waals surface area contributed by atoms with E-state index in [1.807, 2.05) is 19.2 Å². The van der Waals surface area contributed by atoms with Crippen molar-refractivity contribution in [3.63, 3.8) is 0 Å². The van der Waals surface area contributed by atoms with Gasteiger partial charge in [0.25, 0.3) is 0 Å². The minimum absolute atomic E-state index is 0.000879. The van der Waals surface area contributed by atoms with Gasteiger partial charge in [-0.2, -0.15) is 18.3 Å². The average molecular weight is 579 g/mol. The standard InChI is InChI=1S/C30H33F3N8O/c1-39-12-14-41(15-13-39)18-29(10-11-29)24-17-23(25-26(34)38-40(2)27(25)37-24)19-6-8-21(9-7-19)35-28(42)36-22-5-3-4-20(16-22)30(31,32)33/h3-9,16-17H,10-15,18H2,1-2H3,(H2,34,38)(H2,35,36,42). The molecule has 3 heterocycles. The fraction of sp³-hybridized carbons (Fsp3) is 0.367. The van der Waals surface area contributed by atoms with E-state index in [9.17, 15) is 18.0 Å². The minimum atomic E-state index is -4.50. The Morgan fingerprint density at radius 3 is 2.33 bits per heavy atom. The third-order valence-corrected chi connectivity index (χ3v) is 8.24. The molecule has 1 aliphatic carbocycles. The van der Waals surface area contributed by atoms with Crippen LogP contribution in [0.25, 0.3) is 22.2 Å². The molecule has 2 aromatic carbocycles. The summed E-state index contributed by atoms with van der Waals surface area (Å²) in [6, 6.07) is 13.2. The van der Waals surface area contributed by atoms with Gasteiger partial charge < -0.3 is 21.3 Å². The van der Waals surface area contributed by atoms with Gasteiger partial charge in [-0.15, -0.1) is 0 Å². The molecule has 1 aliphatic heterocycles. The molecule has 0 atom stereocenters. The smallest absolute Gasteiger partial charge is 0.382 e. The van der Waals surface area contributed by atoms with Gasteiger partial charge in [0.15, 0.2) is 11.5 Å². The molecule has 6 rings (SSSR count). The molecule has 0 spiro atoms. The van der Waals surface area contributed by atoms with Crippen LogP contribution in [0.5, 0.6) is 0 Å². The first kappa shape index (κ1) is 28.0. The maximum atomic E-state index is 13.0. The van der Waals surface area contributed by atoms with E-state index in [0.717, 1.165) is 85.6 Å². The van der Waals surface area contributed by atoms with E-state index >= 15 is 0 Å². The SMILES string of the molecule is CN1CCN(CC2(c3cc(-c4ccc(NC(=O)Nc5cccc(C(F)(F)F)c5)cc4)c4c(N)nn(C)c4n3)CC2)CC1. The lowest BCUT2D eigenvalue weighted by Crippen LogP contribution is -2.47. The van der Waals surface area contributed by atoms with Gasteiger partial charge in [0.1, 0.15) is 0 Å². The van der Waals surface area contributed by atoms with Gasteiger partial charge in [0, 0.05) is 56.6 Å². The van der Waals surface area contributed by atoms with E-state index < -0.39 is 17.8 Å². The van der Waals surface area contributed by atoms with Crippen molar-refractivity contribution < 1.29 is 18.0 Å². The lowest BCUT2D eigenvalue weighted by Gasteiger charge is -2.34. The van der Waals surface area contributed by atoms with E-state index in [-0.39, 0.29) is 11.1 Å². The van der Waals surface area contributed by atoms with E-state index in [1.54, 1.807) is 16.8 Å². The summed E-state index contributed by atoms with van der Waals surface area (Å²) in [6.45, 7) is 5.18. The number of likely N-dealkylation sites (N-methyl/N-ethyl adjacent to an activating group) is 1. The number of aryl methyl sites for hydroxylation is 1. The topological polar surface area (TPSA) is 104 Å². The molecule has 1 saturated carbocycles. The molecule has 42 heavy (non-hydrogen) atoms. The number of benzene rings is 2. The second kappa shape index (κ2) is 10.6. The molecule has 2 amide bonds. The number of carbonyl (C=O) groups is 1. The summed E-state index contributed by atoms with van der Waals surface area (Å²) in [5.74, 6) is 0.396. The summed E-state index contributed by atoms with van der Waals surface area (Å²) < 4.78 is 40.8. The number of nitrogens with two attached hydrogens (primary N) is 1. The molecule has 0 bridgehead atoms. The molecule has 2 aliphatic rings. The number of fused-ring (bicyclic) bond motifs is 1. The predicted octanol–water partition coefficient (Wildman–Crippen LogP) is 5.16. The van der Waals surface area contributed by atoms with Crippen LogP contribution in [0.4, 0.5) is 35.2 Å². The number of nitrogens with one attached hydrogen (secondary N) is 2. The van der Waals surface area contributed by atoms with Gasteiger partial charge >= 0.3 is 12.2 Å².